The van der Waals surface area contributed by atoms with Crippen LogP contribution in [-0.4, -0.2) is 7.11 Å². The summed E-state index contributed by atoms with van der Waals surface area (Å²) in [6.45, 7) is 1.94. The molecule has 0 saturated heterocycles. The van der Waals surface area contributed by atoms with Crippen molar-refractivity contribution in [3.8, 4) is 16.9 Å². The molecule has 0 spiro atoms. The second kappa shape index (κ2) is 5.71. The van der Waals surface area contributed by atoms with Crippen LogP contribution in [0.15, 0.2) is 44.2 Å². The van der Waals surface area contributed by atoms with Crippen molar-refractivity contribution in [1.82, 2.24) is 0 Å². The quantitative estimate of drug-likeness (QED) is 0.462. The van der Waals surface area contributed by atoms with E-state index in [9.17, 15) is 9.18 Å². The summed E-state index contributed by atoms with van der Waals surface area (Å²) in [6, 6.07) is 6.74. The molecule has 0 aliphatic heterocycles. The normalized spacial score (nSPS) is 13.4. The van der Waals surface area contributed by atoms with Gasteiger partial charge in [-0.15, -0.1) is 0 Å². The highest BCUT2D eigenvalue weighted by Gasteiger charge is 2.24. The number of methoxy groups -OCH3 is 1. The maximum atomic E-state index is 14.2. The summed E-state index contributed by atoms with van der Waals surface area (Å²) in [4.78, 5) is 12.2. The van der Waals surface area contributed by atoms with Crippen LogP contribution in [0.1, 0.15) is 23.1 Å². The van der Waals surface area contributed by atoms with Gasteiger partial charge in [-0.25, -0.2) is 9.18 Å². The average molecular weight is 364 g/mol. The summed E-state index contributed by atoms with van der Waals surface area (Å²) in [6.07, 6.45) is 4.15. The van der Waals surface area contributed by atoms with Crippen LogP contribution < -0.4 is 10.4 Å². The number of furan rings is 1. The fraction of sp³-hybridized carbons (Fsp3) is 0.227. The summed E-state index contributed by atoms with van der Waals surface area (Å²) in [5.41, 5.74) is 5.20. The molecule has 0 unspecified atom stereocenters. The first-order chi connectivity index (χ1) is 13.1. The number of rotatable bonds is 2. The molecule has 0 N–H and O–H groups in total. The molecule has 27 heavy (non-hydrogen) atoms. The van der Waals surface area contributed by atoms with Crippen molar-refractivity contribution in [2.75, 3.05) is 7.11 Å². The van der Waals surface area contributed by atoms with E-state index in [-0.39, 0.29) is 11.4 Å². The maximum absolute atomic E-state index is 14.2. The van der Waals surface area contributed by atoms with E-state index in [1.54, 1.807) is 12.3 Å². The Morgan fingerprint density at radius 1 is 1.11 bits per heavy atom. The zero-order chi connectivity index (χ0) is 18.7. The molecule has 5 rings (SSSR count). The fourth-order valence-corrected chi connectivity index (χ4v) is 4.21. The van der Waals surface area contributed by atoms with E-state index in [4.69, 9.17) is 13.6 Å². The van der Waals surface area contributed by atoms with Crippen LogP contribution in [0, 0.1) is 12.7 Å². The third-order valence-corrected chi connectivity index (χ3v) is 5.44. The van der Waals surface area contributed by atoms with E-state index in [0.29, 0.717) is 16.7 Å². The maximum Gasteiger partial charge on any atom is 0.339 e. The molecule has 2 heterocycles. The lowest BCUT2D eigenvalue weighted by Gasteiger charge is -2.08. The predicted octanol–water partition coefficient (Wildman–Crippen LogP) is 5.15. The molecule has 2 aromatic heterocycles. The van der Waals surface area contributed by atoms with Gasteiger partial charge in [0.1, 0.15) is 11.2 Å². The largest absolute Gasteiger partial charge is 0.494 e. The number of halogens is 1. The molecular weight excluding hydrogens is 347 g/mol. The van der Waals surface area contributed by atoms with Crippen LogP contribution in [0.25, 0.3) is 33.1 Å². The van der Waals surface area contributed by atoms with Gasteiger partial charge in [-0.2, -0.15) is 0 Å². The molecule has 0 bridgehead atoms. The van der Waals surface area contributed by atoms with Gasteiger partial charge in [0, 0.05) is 16.5 Å². The molecule has 0 atom stereocenters. The molecule has 136 valence electrons. The Balaban J connectivity index is 1.85. The third kappa shape index (κ3) is 2.24. The Bertz CT molecular complexity index is 1280. The third-order valence-electron chi connectivity index (χ3n) is 5.44. The van der Waals surface area contributed by atoms with Crippen molar-refractivity contribution >= 4 is 21.9 Å². The van der Waals surface area contributed by atoms with Crippen molar-refractivity contribution in [3.05, 3.63) is 63.5 Å². The van der Waals surface area contributed by atoms with Gasteiger partial charge < -0.3 is 13.6 Å². The highest BCUT2D eigenvalue weighted by atomic mass is 19.1. The Kier molecular flexibility index (Phi) is 3.41. The molecule has 0 saturated carbocycles. The summed E-state index contributed by atoms with van der Waals surface area (Å²) in [7, 11) is 1.44. The van der Waals surface area contributed by atoms with Crippen LogP contribution in [0.2, 0.25) is 0 Å². The van der Waals surface area contributed by atoms with Crippen LogP contribution in [0.3, 0.4) is 0 Å². The van der Waals surface area contributed by atoms with Gasteiger partial charge in [0.25, 0.3) is 0 Å². The highest BCUT2D eigenvalue weighted by Crippen LogP contribution is 2.40. The van der Waals surface area contributed by atoms with Crippen LogP contribution in [0.4, 0.5) is 4.39 Å². The summed E-state index contributed by atoms with van der Waals surface area (Å²) < 4.78 is 30.7. The molecule has 4 aromatic rings. The second-order valence-corrected chi connectivity index (χ2v) is 6.97. The molecule has 2 aromatic carbocycles. The minimum atomic E-state index is -0.422. The number of fused-ring (bicyclic) bond motifs is 5. The van der Waals surface area contributed by atoms with E-state index in [1.165, 1.54) is 13.2 Å². The molecular formula is C22H17FO4. The van der Waals surface area contributed by atoms with Gasteiger partial charge in [0.05, 0.1) is 18.8 Å². The van der Waals surface area contributed by atoms with Crippen molar-refractivity contribution in [3.63, 3.8) is 0 Å². The number of hydrogen-bond donors (Lipinski definition) is 0. The van der Waals surface area contributed by atoms with Gasteiger partial charge in [-0.3, -0.25) is 0 Å². The number of aryl methyl sites for hydroxylation is 2. The van der Waals surface area contributed by atoms with Crippen LogP contribution in [-0.2, 0) is 12.8 Å². The Morgan fingerprint density at radius 2 is 1.93 bits per heavy atom. The first-order valence-corrected chi connectivity index (χ1v) is 8.91. The molecule has 1 aliphatic carbocycles. The molecule has 0 radical (unpaired) electrons. The van der Waals surface area contributed by atoms with Crippen molar-refractivity contribution < 1.29 is 18.0 Å². The van der Waals surface area contributed by atoms with E-state index >= 15 is 0 Å². The van der Waals surface area contributed by atoms with Crippen molar-refractivity contribution in [2.24, 2.45) is 0 Å². The van der Waals surface area contributed by atoms with Gasteiger partial charge in [0.15, 0.2) is 11.6 Å². The SMILES string of the molecule is COc1ccc(-c2coc3c2c(C)cc2oc(=O)c4c(c23)CCC4)cc1F. The lowest BCUT2D eigenvalue weighted by atomic mass is 9.97. The average Bonchev–Trinajstić information content (AvgIpc) is 3.29. The van der Waals surface area contributed by atoms with E-state index in [2.05, 4.69) is 0 Å². The zero-order valence-electron chi connectivity index (χ0n) is 15.0. The fourth-order valence-electron chi connectivity index (χ4n) is 4.21. The standard InChI is InChI=1S/C22H17FO4/c1-11-8-18-20(13-4-3-5-14(13)22(24)27-18)21-19(11)15(10-26-21)12-6-7-17(25-2)16(23)9-12/h6-10H,3-5H2,1-2H3. The zero-order valence-corrected chi connectivity index (χ0v) is 15.0. The smallest absolute Gasteiger partial charge is 0.339 e. The number of hydrogen-bond acceptors (Lipinski definition) is 4. The molecule has 4 nitrogen and oxygen atoms in total. The Morgan fingerprint density at radius 3 is 2.70 bits per heavy atom. The predicted molar refractivity (Wildman–Crippen MR) is 101 cm³/mol. The molecule has 0 amide bonds. The molecule has 1 aliphatic rings. The number of ether oxygens (including phenoxy) is 1. The monoisotopic (exact) mass is 364 g/mol. The van der Waals surface area contributed by atoms with Crippen LogP contribution >= 0.6 is 0 Å². The Labute approximate surface area is 154 Å². The summed E-state index contributed by atoms with van der Waals surface area (Å²) in [5, 5.41) is 1.78. The van der Waals surface area contributed by atoms with Crippen molar-refractivity contribution in [1.29, 1.82) is 0 Å². The second-order valence-electron chi connectivity index (χ2n) is 6.97. The minimum Gasteiger partial charge on any atom is -0.494 e. The summed E-state index contributed by atoms with van der Waals surface area (Å²) >= 11 is 0. The first kappa shape index (κ1) is 16.1. The lowest BCUT2D eigenvalue weighted by Crippen LogP contribution is -2.07. The topological polar surface area (TPSA) is 52.6 Å². The molecule has 5 heteroatoms. The van der Waals surface area contributed by atoms with Gasteiger partial charge in [0.2, 0.25) is 0 Å². The minimum absolute atomic E-state index is 0.202. The van der Waals surface area contributed by atoms with E-state index in [1.807, 2.05) is 19.1 Å². The van der Waals surface area contributed by atoms with Crippen molar-refractivity contribution in [2.45, 2.75) is 26.2 Å². The van der Waals surface area contributed by atoms with Crippen LogP contribution in [0.5, 0.6) is 5.75 Å². The highest BCUT2D eigenvalue weighted by molar-refractivity contribution is 6.11. The Hall–Kier alpha value is -3.08. The van der Waals surface area contributed by atoms with Gasteiger partial charge in [-0.1, -0.05) is 6.07 Å². The first-order valence-electron chi connectivity index (χ1n) is 8.91. The molecule has 0 fully saturated rings. The van der Waals surface area contributed by atoms with Gasteiger partial charge >= 0.3 is 5.63 Å². The van der Waals surface area contributed by atoms with Gasteiger partial charge in [-0.05, 0) is 61.1 Å². The van der Waals surface area contributed by atoms with E-state index in [0.717, 1.165) is 52.3 Å². The summed E-state index contributed by atoms with van der Waals surface area (Å²) in [5.74, 6) is -0.219. The lowest BCUT2D eigenvalue weighted by molar-refractivity contribution is 0.386. The van der Waals surface area contributed by atoms with E-state index < -0.39 is 5.82 Å². The number of benzene rings is 2.